The number of fused-ring (bicyclic) bond motifs is 3. The third-order valence-electron chi connectivity index (χ3n) is 6.77. The Labute approximate surface area is 174 Å². The van der Waals surface area contributed by atoms with E-state index in [0.29, 0.717) is 11.1 Å². The monoisotopic (exact) mass is 418 g/mol. The summed E-state index contributed by atoms with van der Waals surface area (Å²) in [6.45, 7) is 12.1. The molecular weight excluding hydrogens is 392 g/mol. The van der Waals surface area contributed by atoms with Gasteiger partial charge in [0.05, 0.1) is 18.1 Å². The Kier molecular flexibility index (Phi) is 4.70. The van der Waals surface area contributed by atoms with Gasteiger partial charge in [-0.25, -0.2) is 9.59 Å². The molecule has 0 saturated carbocycles. The fourth-order valence-corrected chi connectivity index (χ4v) is 4.91. The lowest BCUT2D eigenvalue weighted by molar-refractivity contribution is -0.172. The van der Waals surface area contributed by atoms with Crippen molar-refractivity contribution < 1.29 is 38.4 Å². The number of carbonyl (C=O) groups excluding carboxylic acids is 3. The molecule has 0 bridgehead atoms. The van der Waals surface area contributed by atoms with Crippen LogP contribution in [0.4, 0.5) is 0 Å². The van der Waals surface area contributed by atoms with Gasteiger partial charge in [0.1, 0.15) is 6.10 Å². The molecule has 2 aliphatic carbocycles. The van der Waals surface area contributed by atoms with Gasteiger partial charge in [0.25, 0.3) is 0 Å². The van der Waals surface area contributed by atoms with Crippen molar-refractivity contribution in [1.82, 2.24) is 0 Å². The van der Waals surface area contributed by atoms with Gasteiger partial charge in [-0.1, -0.05) is 18.2 Å². The average Bonchev–Trinajstić information content (AvgIpc) is 3.05. The van der Waals surface area contributed by atoms with E-state index in [9.17, 15) is 19.5 Å². The molecule has 1 N–H and O–H groups in total. The highest BCUT2D eigenvalue weighted by molar-refractivity contribution is 5.91. The lowest BCUT2D eigenvalue weighted by Crippen LogP contribution is -2.46. The molecule has 4 rings (SSSR count). The smallest absolute Gasteiger partial charge is 0.341 e. The number of rotatable bonds is 3. The van der Waals surface area contributed by atoms with E-state index in [4.69, 9.17) is 18.9 Å². The molecule has 8 nitrogen and oxygen atoms in total. The minimum Gasteiger partial charge on any atom is -0.457 e. The van der Waals surface area contributed by atoms with Crippen molar-refractivity contribution in [1.29, 1.82) is 0 Å². The molecule has 0 spiro atoms. The van der Waals surface area contributed by atoms with Crippen molar-refractivity contribution in [2.45, 2.75) is 70.7 Å². The summed E-state index contributed by atoms with van der Waals surface area (Å²) in [5, 5.41) is 10.7. The minimum absolute atomic E-state index is 0.146. The Balaban J connectivity index is 1.83. The third-order valence-corrected chi connectivity index (χ3v) is 6.77. The van der Waals surface area contributed by atoms with Gasteiger partial charge in [0, 0.05) is 18.4 Å². The minimum atomic E-state index is -1.10. The first kappa shape index (κ1) is 20.8. The molecule has 0 aromatic carbocycles. The molecule has 0 amide bonds. The highest BCUT2D eigenvalue weighted by Gasteiger charge is 2.61. The summed E-state index contributed by atoms with van der Waals surface area (Å²) in [6, 6.07) is 0. The molecule has 2 saturated heterocycles. The van der Waals surface area contributed by atoms with Gasteiger partial charge in [-0.3, -0.25) is 4.79 Å². The Morgan fingerprint density at radius 2 is 1.90 bits per heavy atom. The largest absolute Gasteiger partial charge is 0.457 e. The average molecular weight is 418 g/mol. The van der Waals surface area contributed by atoms with Crippen LogP contribution in [0.15, 0.2) is 34.9 Å². The summed E-state index contributed by atoms with van der Waals surface area (Å²) in [7, 11) is 0. The highest BCUT2D eigenvalue weighted by Crippen LogP contribution is 2.50. The van der Waals surface area contributed by atoms with Crippen molar-refractivity contribution in [3.8, 4) is 0 Å². The quantitative estimate of drug-likeness (QED) is 0.241. The summed E-state index contributed by atoms with van der Waals surface area (Å²) in [6.07, 6.45) is -2.32. The third kappa shape index (κ3) is 2.93. The van der Waals surface area contributed by atoms with Crippen LogP contribution < -0.4 is 0 Å². The molecule has 0 radical (unpaired) electrons. The van der Waals surface area contributed by atoms with E-state index in [0.717, 1.165) is 5.57 Å². The zero-order valence-corrected chi connectivity index (χ0v) is 17.6. The van der Waals surface area contributed by atoms with Crippen LogP contribution in [0, 0.1) is 11.8 Å². The predicted molar refractivity (Wildman–Crippen MR) is 103 cm³/mol. The van der Waals surface area contributed by atoms with Crippen LogP contribution in [-0.4, -0.2) is 59.1 Å². The van der Waals surface area contributed by atoms with Gasteiger partial charge in [-0.2, -0.15) is 0 Å². The molecule has 2 aliphatic heterocycles. The second-order valence-electron chi connectivity index (χ2n) is 8.66. The number of hydrogen-bond donors (Lipinski definition) is 1. The van der Waals surface area contributed by atoms with Crippen molar-refractivity contribution in [2.75, 3.05) is 0 Å². The number of aliphatic hydroxyl groups excluding tert-OH is 1. The normalized spacial score (nSPS) is 42.1. The van der Waals surface area contributed by atoms with Crippen molar-refractivity contribution in [2.24, 2.45) is 11.8 Å². The van der Waals surface area contributed by atoms with Crippen LogP contribution in [0.25, 0.3) is 0 Å². The second-order valence-corrected chi connectivity index (χ2v) is 8.66. The molecular formula is C22H26O8. The first-order chi connectivity index (χ1) is 14.0. The first-order valence-electron chi connectivity index (χ1n) is 10.00. The standard InChI is InChI=1S/C22H26O8/c1-8-7-13(24)15-9(2)17(27-12(5)23)19(29-21(26)22(6)11(4)30-22)16-10(3)20(25)28-18(16)14(8)15/h7,11,13-14,16-19,24H,3H2,1-2,4-6H3. The first-order valence-corrected chi connectivity index (χ1v) is 10.00. The Morgan fingerprint density at radius 1 is 1.27 bits per heavy atom. The van der Waals surface area contributed by atoms with Gasteiger partial charge >= 0.3 is 17.9 Å². The molecule has 0 aromatic rings. The SMILES string of the molecule is C=C1C(=O)OC2C3C(C)=CC(O)C3=C(C)C(OC(C)=O)C(OC(=O)C3(C)OC3C)C12. The summed E-state index contributed by atoms with van der Waals surface area (Å²) in [4.78, 5) is 37.3. The van der Waals surface area contributed by atoms with Gasteiger partial charge in [0.2, 0.25) is 0 Å². The zero-order valence-electron chi connectivity index (χ0n) is 17.6. The summed E-state index contributed by atoms with van der Waals surface area (Å²) in [5.41, 5.74) is 1.04. The molecule has 4 aliphatic rings. The Bertz CT molecular complexity index is 914. The van der Waals surface area contributed by atoms with Gasteiger partial charge in [-0.05, 0) is 38.8 Å². The topological polar surface area (TPSA) is 112 Å². The van der Waals surface area contributed by atoms with E-state index < -0.39 is 59.8 Å². The van der Waals surface area contributed by atoms with E-state index in [2.05, 4.69) is 6.58 Å². The molecule has 8 atom stereocenters. The number of esters is 3. The maximum atomic E-state index is 12.9. The summed E-state index contributed by atoms with van der Waals surface area (Å²) in [5.74, 6) is -2.94. The van der Waals surface area contributed by atoms with Crippen LogP contribution in [0.2, 0.25) is 0 Å². The van der Waals surface area contributed by atoms with Crippen molar-refractivity contribution in [3.63, 3.8) is 0 Å². The fourth-order valence-electron chi connectivity index (χ4n) is 4.91. The molecule has 8 heteroatoms. The number of ether oxygens (including phenoxy) is 4. The molecule has 2 fully saturated rings. The maximum Gasteiger partial charge on any atom is 0.341 e. The Hall–Kier alpha value is -2.45. The molecule has 162 valence electrons. The predicted octanol–water partition coefficient (Wildman–Crippen LogP) is 1.37. The fraction of sp³-hybridized carbons (Fsp3) is 0.591. The second kappa shape index (κ2) is 6.78. The van der Waals surface area contributed by atoms with Crippen LogP contribution in [0.1, 0.15) is 34.6 Å². The van der Waals surface area contributed by atoms with Crippen molar-refractivity contribution >= 4 is 17.9 Å². The maximum absolute atomic E-state index is 12.9. The number of hydrogen-bond acceptors (Lipinski definition) is 8. The molecule has 30 heavy (non-hydrogen) atoms. The van der Waals surface area contributed by atoms with Gasteiger partial charge in [0.15, 0.2) is 17.8 Å². The lowest BCUT2D eigenvalue weighted by atomic mass is 9.81. The van der Waals surface area contributed by atoms with Crippen molar-refractivity contribution in [3.05, 3.63) is 34.9 Å². The van der Waals surface area contributed by atoms with Crippen LogP contribution in [0.5, 0.6) is 0 Å². The summed E-state index contributed by atoms with van der Waals surface area (Å²) < 4.78 is 22.5. The number of aliphatic hydroxyl groups is 1. The molecule has 0 aromatic heterocycles. The lowest BCUT2D eigenvalue weighted by Gasteiger charge is -2.32. The number of epoxide rings is 1. The number of carbonyl (C=O) groups is 3. The van der Waals surface area contributed by atoms with E-state index in [-0.39, 0.29) is 11.7 Å². The molecule has 2 heterocycles. The van der Waals surface area contributed by atoms with E-state index in [1.165, 1.54) is 6.92 Å². The zero-order chi connectivity index (χ0) is 22.1. The van der Waals surface area contributed by atoms with E-state index in [1.807, 2.05) is 6.92 Å². The van der Waals surface area contributed by atoms with Gasteiger partial charge in [-0.15, -0.1) is 0 Å². The van der Waals surface area contributed by atoms with Gasteiger partial charge < -0.3 is 24.1 Å². The summed E-state index contributed by atoms with van der Waals surface area (Å²) >= 11 is 0. The highest BCUT2D eigenvalue weighted by atomic mass is 16.7. The van der Waals surface area contributed by atoms with E-state index >= 15 is 0 Å². The van der Waals surface area contributed by atoms with Crippen LogP contribution in [-0.2, 0) is 33.3 Å². The molecule has 8 unspecified atom stereocenters. The van der Waals surface area contributed by atoms with Crippen LogP contribution in [0.3, 0.4) is 0 Å². The van der Waals surface area contributed by atoms with E-state index in [1.54, 1.807) is 26.8 Å². The van der Waals surface area contributed by atoms with Crippen LogP contribution >= 0.6 is 0 Å². The Morgan fingerprint density at radius 3 is 2.47 bits per heavy atom.